The summed E-state index contributed by atoms with van der Waals surface area (Å²) in [5.74, 6) is 5.75. The van der Waals surface area contributed by atoms with Crippen LogP contribution >= 0.6 is 11.3 Å². The van der Waals surface area contributed by atoms with E-state index in [1.165, 1.54) is 11.3 Å². The van der Waals surface area contributed by atoms with E-state index in [4.69, 9.17) is 9.84 Å². The number of carbonyl (C=O) groups is 1. The van der Waals surface area contributed by atoms with Crippen LogP contribution in [0.15, 0.2) is 18.6 Å². The molecule has 2 N–H and O–H groups in total. The number of aliphatic hydroxyl groups is 1. The Morgan fingerprint density at radius 2 is 2.25 bits per heavy atom. The Kier molecular flexibility index (Phi) is 5.95. The van der Waals surface area contributed by atoms with E-state index in [9.17, 15) is 4.79 Å². The second-order valence-electron chi connectivity index (χ2n) is 6.01. The summed E-state index contributed by atoms with van der Waals surface area (Å²) in [5, 5.41) is 16.3. The van der Waals surface area contributed by atoms with Gasteiger partial charge < -0.3 is 15.2 Å². The fourth-order valence-electron chi connectivity index (χ4n) is 1.66. The average molecular weight is 348 g/mol. The largest absolute Gasteiger partial charge is 0.444 e. The van der Waals surface area contributed by atoms with Crippen LogP contribution in [-0.4, -0.2) is 38.1 Å². The van der Waals surface area contributed by atoms with Crippen molar-refractivity contribution >= 4 is 17.4 Å². The van der Waals surface area contributed by atoms with E-state index in [0.717, 1.165) is 10.4 Å². The number of carbonyl (C=O) groups excluding carboxylic acids is 1. The zero-order valence-corrected chi connectivity index (χ0v) is 14.7. The summed E-state index contributed by atoms with van der Waals surface area (Å²) in [7, 11) is 0. The fraction of sp³-hybridized carbons (Fsp3) is 0.438. The SMILES string of the molecule is CC(C)(C)NC(=O)OCc1cnc(-n2cc(C#CCCO)cn2)s1. The third kappa shape index (κ3) is 5.68. The van der Waals surface area contributed by atoms with Gasteiger partial charge in [-0.2, -0.15) is 5.10 Å². The van der Waals surface area contributed by atoms with Crippen LogP contribution in [0.1, 0.15) is 37.6 Å². The number of amides is 1. The number of alkyl carbamates (subject to hydrolysis) is 1. The maximum absolute atomic E-state index is 11.6. The number of aromatic nitrogens is 3. The van der Waals surface area contributed by atoms with Gasteiger partial charge in [0.15, 0.2) is 0 Å². The molecule has 0 aromatic carbocycles. The lowest BCUT2D eigenvalue weighted by molar-refractivity contribution is 0.132. The van der Waals surface area contributed by atoms with Crippen LogP contribution in [0.3, 0.4) is 0 Å². The Labute approximate surface area is 144 Å². The number of hydrogen-bond donors (Lipinski definition) is 2. The fourth-order valence-corrected chi connectivity index (χ4v) is 2.42. The summed E-state index contributed by atoms with van der Waals surface area (Å²) in [6.07, 6.45) is 5.03. The third-order valence-corrected chi connectivity index (χ3v) is 3.57. The molecule has 0 aliphatic rings. The van der Waals surface area contributed by atoms with Crippen LogP contribution in [0, 0.1) is 11.8 Å². The normalized spacial score (nSPS) is 10.8. The highest BCUT2D eigenvalue weighted by Crippen LogP contribution is 2.18. The molecule has 8 heteroatoms. The number of nitrogens with zero attached hydrogens (tertiary/aromatic N) is 3. The highest BCUT2D eigenvalue weighted by Gasteiger charge is 2.15. The average Bonchev–Trinajstić information content (AvgIpc) is 3.12. The molecule has 0 aliphatic carbocycles. The van der Waals surface area contributed by atoms with Gasteiger partial charge in [-0.3, -0.25) is 0 Å². The molecule has 0 saturated heterocycles. The Hall–Kier alpha value is -2.37. The van der Waals surface area contributed by atoms with Gasteiger partial charge in [0.25, 0.3) is 0 Å². The number of ether oxygens (including phenoxy) is 1. The Morgan fingerprint density at radius 3 is 2.96 bits per heavy atom. The van der Waals surface area contributed by atoms with Gasteiger partial charge in [0.2, 0.25) is 5.13 Å². The summed E-state index contributed by atoms with van der Waals surface area (Å²) < 4.78 is 6.79. The summed E-state index contributed by atoms with van der Waals surface area (Å²) in [6.45, 7) is 5.86. The molecule has 0 spiro atoms. The molecule has 0 unspecified atom stereocenters. The van der Waals surface area contributed by atoms with E-state index < -0.39 is 6.09 Å². The Bertz CT molecular complexity index is 749. The van der Waals surface area contributed by atoms with Crippen molar-refractivity contribution in [3.05, 3.63) is 29.0 Å². The van der Waals surface area contributed by atoms with Crippen LogP contribution in [0.4, 0.5) is 4.79 Å². The van der Waals surface area contributed by atoms with Crippen molar-refractivity contribution in [1.82, 2.24) is 20.1 Å². The minimum atomic E-state index is -0.460. The van der Waals surface area contributed by atoms with Crippen LogP contribution in [0.25, 0.3) is 5.13 Å². The van der Waals surface area contributed by atoms with Crippen LogP contribution in [0.5, 0.6) is 0 Å². The quantitative estimate of drug-likeness (QED) is 0.826. The minimum Gasteiger partial charge on any atom is -0.444 e. The summed E-state index contributed by atoms with van der Waals surface area (Å²) in [4.78, 5) is 16.7. The first-order chi connectivity index (χ1) is 11.4. The Balaban J connectivity index is 1.94. The van der Waals surface area contributed by atoms with Gasteiger partial charge in [0.1, 0.15) is 6.61 Å². The van der Waals surface area contributed by atoms with E-state index in [1.807, 2.05) is 20.8 Å². The number of aliphatic hydroxyl groups excluding tert-OH is 1. The van der Waals surface area contributed by atoms with E-state index in [-0.39, 0.29) is 18.8 Å². The Morgan fingerprint density at radius 1 is 1.46 bits per heavy atom. The first-order valence-corrected chi connectivity index (χ1v) is 8.23. The van der Waals surface area contributed by atoms with Crippen molar-refractivity contribution in [3.8, 4) is 17.0 Å². The van der Waals surface area contributed by atoms with Crippen molar-refractivity contribution in [2.75, 3.05) is 6.61 Å². The van der Waals surface area contributed by atoms with Gasteiger partial charge in [-0.25, -0.2) is 14.5 Å². The molecule has 128 valence electrons. The molecule has 2 aromatic heterocycles. The van der Waals surface area contributed by atoms with Crippen LogP contribution < -0.4 is 5.32 Å². The first kappa shape index (κ1) is 18.0. The summed E-state index contributed by atoms with van der Waals surface area (Å²) in [5.41, 5.74) is 0.416. The van der Waals surface area contributed by atoms with E-state index in [2.05, 4.69) is 27.2 Å². The molecule has 0 aliphatic heterocycles. The van der Waals surface area contributed by atoms with E-state index >= 15 is 0 Å². The van der Waals surface area contributed by atoms with Crippen molar-refractivity contribution in [2.45, 2.75) is 39.3 Å². The number of rotatable bonds is 4. The standard InChI is InChI=1S/C16H20N4O3S/c1-16(2,3)19-15(22)23-11-13-9-17-14(24-13)20-10-12(8-18-20)6-4-5-7-21/h8-10,21H,5,7,11H2,1-3H3,(H,19,22). The highest BCUT2D eigenvalue weighted by molar-refractivity contribution is 7.14. The molecule has 7 nitrogen and oxygen atoms in total. The lowest BCUT2D eigenvalue weighted by atomic mass is 10.1. The molecule has 2 rings (SSSR count). The van der Waals surface area contributed by atoms with Gasteiger partial charge in [0, 0.05) is 24.4 Å². The molecule has 0 radical (unpaired) electrons. The predicted octanol–water partition coefficient (Wildman–Crippen LogP) is 2.09. The topological polar surface area (TPSA) is 89.3 Å². The zero-order chi connectivity index (χ0) is 17.6. The summed E-state index contributed by atoms with van der Waals surface area (Å²) in [6, 6.07) is 0. The van der Waals surface area contributed by atoms with Gasteiger partial charge in [-0.1, -0.05) is 23.2 Å². The van der Waals surface area contributed by atoms with Crippen LogP contribution in [-0.2, 0) is 11.3 Å². The maximum atomic E-state index is 11.6. The molecule has 0 saturated carbocycles. The number of hydrogen-bond acceptors (Lipinski definition) is 6. The molecule has 1 amide bonds. The van der Waals surface area contributed by atoms with Crippen molar-refractivity contribution in [2.24, 2.45) is 0 Å². The highest BCUT2D eigenvalue weighted by atomic mass is 32.1. The van der Waals surface area contributed by atoms with E-state index in [1.54, 1.807) is 23.3 Å². The second-order valence-corrected chi connectivity index (χ2v) is 7.10. The summed E-state index contributed by atoms with van der Waals surface area (Å²) >= 11 is 1.38. The maximum Gasteiger partial charge on any atom is 0.407 e. The molecular formula is C16H20N4O3S. The molecule has 24 heavy (non-hydrogen) atoms. The monoisotopic (exact) mass is 348 g/mol. The zero-order valence-electron chi connectivity index (χ0n) is 13.9. The molecular weight excluding hydrogens is 328 g/mol. The molecule has 0 atom stereocenters. The van der Waals surface area contributed by atoms with Gasteiger partial charge >= 0.3 is 6.09 Å². The van der Waals surface area contributed by atoms with Crippen molar-refractivity contribution in [1.29, 1.82) is 0 Å². The van der Waals surface area contributed by atoms with Gasteiger partial charge in [0.05, 0.1) is 23.2 Å². The molecule has 2 heterocycles. The van der Waals surface area contributed by atoms with Gasteiger partial charge in [-0.15, -0.1) is 0 Å². The van der Waals surface area contributed by atoms with Gasteiger partial charge in [-0.05, 0) is 20.8 Å². The van der Waals surface area contributed by atoms with Crippen molar-refractivity contribution in [3.63, 3.8) is 0 Å². The second kappa shape index (κ2) is 7.95. The lowest BCUT2D eigenvalue weighted by Gasteiger charge is -2.19. The van der Waals surface area contributed by atoms with E-state index in [0.29, 0.717) is 11.6 Å². The number of thiazole rings is 1. The molecule has 2 aromatic rings. The first-order valence-electron chi connectivity index (χ1n) is 7.42. The smallest absolute Gasteiger partial charge is 0.407 e. The lowest BCUT2D eigenvalue weighted by Crippen LogP contribution is -2.40. The predicted molar refractivity (Wildman–Crippen MR) is 90.9 cm³/mol. The van der Waals surface area contributed by atoms with Crippen LogP contribution in [0.2, 0.25) is 0 Å². The number of nitrogens with one attached hydrogen (secondary N) is 1. The molecule has 0 fully saturated rings. The molecule has 0 bridgehead atoms. The third-order valence-electron chi connectivity index (χ3n) is 2.61. The van der Waals surface area contributed by atoms with Crippen molar-refractivity contribution < 1.29 is 14.6 Å². The minimum absolute atomic E-state index is 0.0414.